The second-order valence-corrected chi connectivity index (χ2v) is 7.68. The number of carbonyl (C=O) groups is 1. The lowest BCUT2D eigenvalue weighted by molar-refractivity contribution is -0.120. The number of carbonyl (C=O) groups excluding carboxylic acids is 1. The van der Waals surface area contributed by atoms with E-state index in [1.807, 2.05) is 35.1 Å². The van der Waals surface area contributed by atoms with Crippen LogP contribution in [0.4, 0.5) is 0 Å². The van der Waals surface area contributed by atoms with Crippen LogP contribution < -0.4 is 10.3 Å². The Bertz CT molecular complexity index is 1130. The maximum absolute atomic E-state index is 12.2. The summed E-state index contributed by atoms with van der Waals surface area (Å²) in [5.41, 5.74) is 0.734. The molecule has 3 aromatic rings. The normalized spacial score (nSPS) is 11.1. The van der Waals surface area contributed by atoms with Crippen molar-refractivity contribution in [1.29, 1.82) is 0 Å². The number of rotatable bonds is 5. The van der Waals surface area contributed by atoms with Gasteiger partial charge in [0.25, 0.3) is 21.5 Å². The Morgan fingerprint density at radius 1 is 1.00 bits per heavy atom. The Hall–Kier alpha value is -2.97. The Morgan fingerprint density at radius 3 is 2.33 bits per heavy atom. The molecule has 9 heteroatoms. The number of nitrogens with one attached hydrogen (secondary N) is 1. The number of aromatic nitrogens is 2. The molecule has 0 saturated heterocycles. The van der Waals surface area contributed by atoms with Gasteiger partial charge in [-0.1, -0.05) is 41.9 Å². The monoisotopic (exact) mass is 403 g/mol. The summed E-state index contributed by atoms with van der Waals surface area (Å²) < 4.78 is 27.3. The quantitative estimate of drug-likeness (QED) is 0.703. The molecule has 1 aromatic heterocycles. The molecule has 0 aliphatic carbocycles. The molecule has 0 aliphatic heterocycles. The third kappa shape index (κ3) is 4.60. The van der Waals surface area contributed by atoms with Gasteiger partial charge >= 0.3 is 0 Å². The Kier molecular flexibility index (Phi) is 5.38. The lowest BCUT2D eigenvalue weighted by Crippen LogP contribution is -2.36. The largest absolute Gasteiger partial charge is 0.272 e. The topological polar surface area (TPSA) is 98.1 Å². The van der Waals surface area contributed by atoms with Crippen LogP contribution in [0, 0.1) is 0 Å². The number of sulfonamides is 1. The molecule has 0 radical (unpaired) electrons. The smallest absolute Gasteiger partial charge is 0.267 e. The van der Waals surface area contributed by atoms with Crippen LogP contribution in [0.3, 0.4) is 0 Å². The van der Waals surface area contributed by atoms with Crippen LogP contribution in [-0.4, -0.2) is 24.1 Å². The van der Waals surface area contributed by atoms with Crippen LogP contribution in [0.15, 0.2) is 76.4 Å². The fraction of sp³-hybridized carbons (Fsp3) is 0.0556. The fourth-order valence-corrected chi connectivity index (χ4v) is 3.42. The van der Waals surface area contributed by atoms with Gasteiger partial charge in [0.15, 0.2) is 0 Å². The Labute approximate surface area is 160 Å². The van der Waals surface area contributed by atoms with E-state index in [9.17, 15) is 18.0 Å². The van der Waals surface area contributed by atoms with Gasteiger partial charge in [0, 0.05) is 16.7 Å². The standard InChI is InChI=1S/C18H14ClN3O4S/c19-14-6-8-15(9-7-14)27(25,26)21-17(23)12-22-18(24)11-10-16(20-22)13-4-2-1-3-5-13/h1-11H,12H2,(H,21,23). The van der Waals surface area contributed by atoms with Gasteiger partial charge in [-0.3, -0.25) is 9.59 Å². The first-order valence-corrected chi connectivity index (χ1v) is 9.66. The molecule has 0 spiro atoms. The molecule has 0 aliphatic rings. The van der Waals surface area contributed by atoms with E-state index in [0.29, 0.717) is 10.7 Å². The van der Waals surface area contributed by atoms with Crippen molar-refractivity contribution >= 4 is 27.5 Å². The number of hydrogen-bond acceptors (Lipinski definition) is 5. The Balaban J connectivity index is 1.80. The molecular formula is C18H14ClN3O4S. The van der Waals surface area contributed by atoms with Crippen molar-refractivity contribution in [3.63, 3.8) is 0 Å². The lowest BCUT2D eigenvalue weighted by Gasteiger charge is -2.09. The minimum Gasteiger partial charge on any atom is -0.272 e. The van der Waals surface area contributed by atoms with Crippen LogP contribution in [0.25, 0.3) is 11.3 Å². The van der Waals surface area contributed by atoms with Gasteiger partial charge in [-0.05, 0) is 30.3 Å². The van der Waals surface area contributed by atoms with Crippen molar-refractivity contribution in [3.05, 3.63) is 82.1 Å². The summed E-state index contributed by atoms with van der Waals surface area (Å²) >= 11 is 5.73. The second kappa shape index (κ2) is 7.73. The van der Waals surface area contributed by atoms with Gasteiger partial charge in [-0.2, -0.15) is 5.10 Å². The first-order chi connectivity index (χ1) is 12.8. The average Bonchev–Trinajstić information content (AvgIpc) is 2.64. The number of nitrogens with zero attached hydrogens (tertiary/aromatic N) is 2. The zero-order chi connectivity index (χ0) is 19.4. The lowest BCUT2D eigenvalue weighted by atomic mass is 10.1. The van der Waals surface area contributed by atoms with Gasteiger partial charge < -0.3 is 0 Å². The summed E-state index contributed by atoms with van der Waals surface area (Å²) in [6, 6.07) is 17.3. The van der Waals surface area contributed by atoms with Gasteiger partial charge in [-0.25, -0.2) is 17.8 Å². The molecule has 1 N–H and O–H groups in total. The summed E-state index contributed by atoms with van der Waals surface area (Å²) in [4.78, 5) is 24.0. The van der Waals surface area contributed by atoms with Gasteiger partial charge in [0.1, 0.15) is 6.54 Å². The highest BCUT2D eigenvalue weighted by atomic mass is 35.5. The SMILES string of the molecule is O=C(Cn1nc(-c2ccccc2)ccc1=O)NS(=O)(=O)c1ccc(Cl)cc1. The van der Waals surface area contributed by atoms with E-state index in [4.69, 9.17) is 11.6 Å². The molecule has 1 heterocycles. The first-order valence-electron chi connectivity index (χ1n) is 7.80. The van der Waals surface area contributed by atoms with E-state index in [1.165, 1.54) is 36.4 Å². The summed E-state index contributed by atoms with van der Waals surface area (Å²) in [6.07, 6.45) is 0. The highest BCUT2D eigenvalue weighted by Crippen LogP contribution is 2.15. The maximum atomic E-state index is 12.2. The zero-order valence-corrected chi connectivity index (χ0v) is 15.4. The van der Waals surface area contributed by atoms with Crippen LogP contribution in [0.1, 0.15) is 0 Å². The Morgan fingerprint density at radius 2 is 1.67 bits per heavy atom. The third-order valence-electron chi connectivity index (χ3n) is 3.60. The fourth-order valence-electron chi connectivity index (χ4n) is 2.32. The van der Waals surface area contributed by atoms with E-state index >= 15 is 0 Å². The van der Waals surface area contributed by atoms with Crippen LogP contribution >= 0.6 is 11.6 Å². The minimum absolute atomic E-state index is 0.112. The van der Waals surface area contributed by atoms with E-state index < -0.39 is 28.0 Å². The van der Waals surface area contributed by atoms with Crippen molar-refractivity contribution < 1.29 is 13.2 Å². The molecular weight excluding hydrogens is 390 g/mol. The number of halogens is 1. The predicted molar refractivity (Wildman–Crippen MR) is 101 cm³/mol. The number of amides is 1. The summed E-state index contributed by atoms with van der Waals surface area (Å²) in [5.74, 6) is -0.884. The molecule has 0 bridgehead atoms. The molecule has 2 aromatic carbocycles. The predicted octanol–water partition coefficient (Wildman–Crippen LogP) is 2.07. The van der Waals surface area contributed by atoms with Crippen molar-refractivity contribution in [2.45, 2.75) is 11.4 Å². The molecule has 0 unspecified atom stereocenters. The van der Waals surface area contributed by atoms with Gasteiger partial charge in [0.05, 0.1) is 10.6 Å². The third-order valence-corrected chi connectivity index (χ3v) is 5.24. The van der Waals surface area contributed by atoms with E-state index in [1.54, 1.807) is 0 Å². The van der Waals surface area contributed by atoms with E-state index in [-0.39, 0.29) is 4.90 Å². The molecule has 7 nitrogen and oxygen atoms in total. The minimum atomic E-state index is -4.07. The summed E-state index contributed by atoms with van der Waals surface area (Å²) in [7, 11) is -4.07. The summed E-state index contributed by atoms with van der Waals surface area (Å²) in [5, 5.41) is 4.50. The molecule has 138 valence electrons. The highest BCUT2D eigenvalue weighted by Gasteiger charge is 2.18. The summed E-state index contributed by atoms with van der Waals surface area (Å²) in [6.45, 7) is -0.535. The molecule has 27 heavy (non-hydrogen) atoms. The number of benzene rings is 2. The van der Waals surface area contributed by atoms with Crippen molar-refractivity contribution in [3.8, 4) is 11.3 Å². The van der Waals surface area contributed by atoms with Crippen molar-refractivity contribution in [1.82, 2.24) is 14.5 Å². The number of hydrogen-bond donors (Lipinski definition) is 1. The maximum Gasteiger partial charge on any atom is 0.267 e. The van der Waals surface area contributed by atoms with Gasteiger partial charge in [-0.15, -0.1) is 0 Å². The van der Waals surface area contributed by atoms with E-state index in [0.717, 1.165) is 10.2 Å². The van der Waals surface area contributed by atoms with Crippen LogP contribution in [0.2, 0.25) is 5.02 Å². The average molecular weight is 404 g/mol. The molecule has 0 atom stereocenters. The molecule has 3 rings (SSSR count). The second-order valence-electron chi connectivity index (χ2n) is 5.56. The van der Waals surface area contributed by atoms with Gasteiger partial charge in [0.2, 0.25) is 0 Å². The molecule has 0 saturated carbocycles. The van der Waals surface area contributed by atoms with E-state index in [2.05, 4.69) is 5.10 Å². The zero-order valence-electron chi connectivity index (χ0n) is 13.9. The van der Waals surface area contributed by atoms with Crippen molar-refractivity contribution in [2.24, 2.45) is 0 Å². The molecule has 1 amide bonds. The van der Waals surface area contributed by atoms with Crippen molar-refractivity contribution in [2.75, 3.05) is 0 Å². The van der Waals surface area contributed by atoms with Crippen LogP contribution in [0.5, 0.6) is 0 Å². The van der Waals surface area contributed by atoms with Crippen LogP contribution in [-0.2, 0) is 21.4 Å². The first kappa shape index (κ1) is 18.8. The highest BCUT2D eigenvalue weighted by molar-refractivity contribution is 7.90. The molecule has 0 fully saturated rings.